The first-order valence-corrected chi connectivity index (χ1v) is 7.40. The molecule has 0 atom stereocenters. The Balaban J connectivity index is 2.53. The summed E-state index contributed by atoms with van der Waals surface area (Å²) in [5, 5.41) is 2.77. The molecule has 1 aromatic heterocycles. The van der Waals surface area contributed by atoms with Crippen molar-refractivity contribution in [3.8, 4) is 5.75 Å². The number of fused-ring (bicyclic) bond motifs is 1. The molecule has 142 valence electrons. The van der Waals surface area contributed by atoms with Crippen LogP contribution >= 0.6 is 0 Å². The maximum atomic E-state index is 13.5. The van der Waals surface area contributed by atoms with E-state index >= 15 is 0 Å². The highest BCUT2D eigenvalue weighted by atomic mass is 19.4. The lowest BCUT2D eigenvalue weighted by atomic mass is 10.1. The van der Waals surface area contributed by atoms with Crippen molar-refractivity contribution in [3.05, 3.63) is 30.0 Å². The summed E-state index contributed by atoms with van der Waals surface area (Å²) in [5.74, 6) is -7.92. The first-order valence-electron chi connectivity index (χ1n) is 7.40. The molecule has 0 bridgehead atoms. The number of amides is 1. The van der Waals surface area contributed by atoms with E-state index in [1.165, 1.54) is 32.2 Å². The van der Waals surface area contributed by atoms with E-state index in [2.05, 4.69) is 5.32 Å². The van der Waals surface area contributed by atoms with Crippen LogP contribution in [0.25, 0.3) is 10.9 Å². The molecule has 1 N–H and O–H groups in total. The topological polar surface area (TPSA) is 60.3 Å². The van der Waals surface area contributed by atoms with Gasteiger partial charge in [-0.3, -0.25) is 14.2 Å². The zero-order valence-electron chi connectivity index (χ0n) is 13.8. The Labute approximate surface area is 144 Å². The standard InChI is InChI=1S/C16H15F5N2O3/c1-9(24)22-6-5-10-8-23(14(25)15(17,18)16(19,20)21)13-4-3-11(26-2)7-12(10)13/h3-4,7-8H,5-6H2,1-2H3,(H,22,24). The number of alkyl halides is 5. The van der Waals surface area contributed by atoms with Gasteiger partial charge in [-0.25, -0.2) is 0 Å². The molecule has 0 radical (unpaired) electrons. The van der Waals surface area contributed by atoms with Crippen molar-refractivity contribution in [3.63, 3.8) is 0 Å². The summed E-state index contributed by atoms with van der Waals surface area (Å²) >= 11 is 0. The Bertz CT molecular complexity index is 842. The number of carbonyl (C=O) groups is 2. The Kier molecular flexibility index (Phi) is 5.24. The van der Waals surface area contributed by atoms with E-state index in [0.29, 0.717) is 11.3 Å². The SMILES string of the molecule is COc1ccc2c(c1)c(CCNC(C)=O)cn2C(=O)C(F)(F)C(F)(F)F. The number of hydrogen-bond acceptors (Lipinski definition) is 3. The second-order valence-electron chi connectivity index (χ2n) is 5.52. The molecule has 2 aromatic rings. The number of halogens is 5. The van der Waals surface area contributed by atoms with Crippen molar-refractivity contribution in [1.82, 2.24) is 9.88 Å². The fraction of sp³-hybridized carbons (Fsp3) is 0.375. The molecule has 0 saturated carbocycles. The number of aromatic nitrogens is 1. The van der Waals surface area contributed by atoms with Crippen LogP contribution in [0, 0.1) is 0 Å². The molecule has 0 unspecified atom stereocenters. The van der Waals surface area contributed by atoms with Gasteiger partial charge in [0.25, 0.3) is 0 Å². The van der Waals surface area contributed by atoms with Crippen LogP contribution in [0.15, 0.2) is 24.4 Å². The van der Waals surface area contributed by atoms with Crippen molar-refractivity contribution in [2.24, 2.45) is 0 Å². The summed E-state index contributed by atoms with van der Waals surface area (Å²) in [7, 11) is 1.36. The van der Waals surface area contributed by atoms with E-state index in [1.54, 1.807) is 0 Å². The van der Waals surface area contributed by atoms with Gasteiger partial charge in [0.05, 0.1) is 12.6 Å². The van der Waals surface area contributed by atoms with Gasteiger partial charge in [0.15, 0.2) is 0 Å². The van der Waals surface area contributed by atoms with Gasteiger partial charge in [-0.2, -0.15) is 22.0 Å². The van der Waals surface area contributed by atoms with Gasteiger partial charge in [-0.15, -0.1) is 0 Å². The highest BCUT2D eigenvalue weighted by molar-refractivity contribution is 5.98. The number of methoxy groups -OCH3 is 1. The first kappa shape index (κ1) is 19.7. The van der Waals surface area contributed by atoms with Crippen LogP contribution in [-0.2, 0) is 11.2 Å². The minimum absolute atomic E-state index is 0.113. The molecule has 0 aliphatic carbocycles. The number of benzene rings is 1. The number of rotatable bonds is 5. The summed E-state index contributed by atoms with van der Waals surface area (Å²) in [4.78, 5) is 22.8. The molecule has 2 rings (SSSR count). The summed E-state index contributed by atoms with van der Waals surface area (Å²) in [5.41, 5.74) is 0.205. The van der Waals surface area contributed by atoms with E-state index in [9.17, 15) is 31.5 Å². The van der Waals surface area contributed by atoms with Gasteiger partial charge in [-0.1, -0.05) is 0 Å². The second-order valence-corrected chi connectivity index (χ2v) is 5.52. The van der Waals surface area contributed by atoms with E-state index in [1.807, 2.05) is 0 Å². The average Bonchev–Trinajstić information content (AvgIpc) is 2.90. The van der Waals surface area contributed by atoms with Crippen molar-refractivity contribution in [2.45, 2.75) is 25.4 Å². The predicted molar refractivity (Wildman–Crippen MR) is 82.5 cm³/mol. The molecule has 5 nitrogen and oxygen atoms in total. The molecule has 1 heterocycles. The van der Waals surface area contributed by atoms with Gasteiger partial charge in [0.1, 0.15) is 5.75 Å². The molecule has 0 spiro atoms. The van der Waals surface area contributed by atoms with Crippen molar-refractivity contribution < 1.29 is 36.3 Å². The van der Waals surface area contributed by atoms with Gasteiger partial charge >= 0.3 is 18.0 Å². The van der Waals surface area contributed by atoms with Crippen molar-refractivity contribution in [1.29, 1.82) is 0 Å². The number of carbonyl (C=O) groups excluding carboxylic acids is 2. The number of ether oxygens (including phenoxy) is 1. The molecule has 0 aliphatic heterocycles. The minimum Gasteiger partial charge on any atom is -0.497 e. The zero-order chi connectivity index (χ0) is 19.7. The fourth-order valence-corrected chi connectivity index (χ4v) is 2.42. The molecule has 26 heavy (non-hydrogen) atoms. The largest absolute Gasteiger partial charge is 0.497 e. The quantitative estimate of drug-likeness (QED) is 0.813. The molecule has 1 aromatic carbocycles. The van der Waals surface area contributed by atoms with Crippen LogP contribution in [0.5, 0.6) is 5.75 Å². The highest BCUT2D eigenvalue weighted by Crippen LogP contribution is 2.38. The van der Waals surface area contributed by atoms with Crippen LogP contribution in [0.3, 0.4) is 0 Å². The van der Waals surface area contributed by atoms with Gasteiger partial charge in [0.2, 0.25) is 5.91 Å². The predicted octanol–water partition coefficient (Wildman–Crippen LogP) is 3.17. The Morgan fingerprint density at radius 3 is 2.38 bits per heavy atom. The molecule has 0 aliphatic rings. The lowest BCUT2D eigenvalue weighted by Gasteiger charge is -2.18. The maximum absolute atomic E-state index is 13.5. The van der Waals surface area contributed by atoms with Crippen molar-refractivity contribution in [2.75, 3.05) is 13.7 Å². The molecule has 0 saturated heterocycles. The summed E-state index contributed by atoms with van der Waals surface area (Å²) < 4.78 is 69.9. The third kappa shape index (κ3) is 3.63. The third-order valence-corrected chi connectivity index (χ3v) is 3.71. The van der Waals surface area contributed by atoms with E-state index in [-0.39, 0.29) is 34.3 Å². The van der Waals surface area contributed by atoms with Gasteiger partial charge in [-0.05, 0) is 30.2 Å². The molecule has 10 heteroatoms. The Morgan fingerprint density at radius 2 is 1.85 bits per heavy atom. The molecular weight excluding hydrogens is 363 g/mol. The Hall–Kier alpha value is -2.65. The minimum atomic E-state index is -6.01. The molecular formula is C16H15F5N2O3. The van der Waals surface area contributed by atoms with Crippen LogP contribution in [-0.4, -0.2) is 42.1 Å². The molecule has 1 amide bonds. The lowest BCUT2D eigenvalue weighted by Crippen LogP contribution is -2.46. The number of nitrogens with zero attached hydrogens (tertiary/aromatic N) is 1. The van der Waals surface area contributed by atoms with Crippen LogP contribution in [0.4, 0.5) is 22.0 Å². The average molecular weight is 378 g/mol. The van der Waals surface area contributed by atoms with Gasteiger partial charge in [0, 0.05) is 25.1 Å². The summed E-state index contributed by atoms with van der Waals surface area (Å²) in [6.07, 6.45) is -4.96. The van der Waals surface area contributed by atoms with Gasteiger partial charge < -0.3 is 10.1 Å². The first-order chi connectivity index (χ1) is 12.0. The van der Waals surface area contributed by atoms with Crippen LogP contribution < -0.4 is 10.1 Å². The number of nitrogens with one attached hydrogen (secondary N) is 1. The van der Waals surface area contributed by atoms with E-state index in [0.717, 1.165) is 6.20 Å². The third-order valence-electron chi connectivity index (χ3n) is 3.71. The number of hydrogen-bond donors (Lipinski definition) is 1. The second kappa shape index (κ2) is 6.93. The Morgan fingerprint density at radius 1 is 1.19 bits per heavy atom. The lowest BCUT2D eigenvalue weighted by molar-refractivity contribution is -0.257. The monoisotopic (exact) mass is 378 g/mol. The van der Waals surface area contributed by atoms with Crippen molar-refractivity contribution >= 4 is 22.7 Å². The van der Waals surface area contributed by atoms with Crippen LogP contribution in [0.2, 0.25) is 0 Å². The molecule has 0 fully saturated rings. The van der Waals surface area contributed by atoms with Crippen LogP contribution in [0.1, 0.15) is 17.3 Å². The smallest absolute Gasteiger partial charge is 0.463 e. The zero-order valence-corrected chi connectivity index (χ0v) is 13.8. The summed E-state index contributed by atoms with van der Waals surface area (Å²) in [6.45, 7) is 1.40. The van der Waals surface area contributed by atoms with E-state index < -0.39 is 18.0 Å². The maximum Gasteiger partial charge on any atom is 0.463 e. The highest BCUT2D eigenvalue weighted by Gasteiger charge is 2.64. The normalized spacial score (nSPS) is 12.3. The van der Waals surface area contributed by atoms with E-state index in [4.69, 9.17) is 4.74 Å². The fourth-order valence-electron chi connectivity index (χ4n) is 2.42. The summed E-state index contributed by atoms with van der Waals surface area (Å²) in [6, 6.07) is 3.99.